The highest BCUT2D eigenvalue weighted by Crippen LogP contribution is 2.45. The van der Waals surface area contributed by atoms with E-state index in [0.29, 0.717) is 11.8 Å². The van der Waals surface area contributed by atoms with Crippen LogP contribution in [0, 0.1) is 5.92 Å². The lowest BCUT2D eigenvalue weighted by molar-refractivity contribution is 0.305. The largest absolute Gasteiger partial charge is 0.488 e. The summed E-state index contributed by atoms with van der Waals surface area (Å²) in [6.07, 6.45) is 4.16. The molecule has 1 fully saturated rings. The lowest BCUT2D eigenvalue weighted by Crippen LogP contribution is -2.34. The Morgan fingerprint density at radius 3 is 3.05 bits per heavy atom. The fourth-order valence-electron chi connectivity index (χ4n) is 2.65. The summed E-state index contributed by atoms with van der Waals surface area (Å²) in [5.74, 6) is 1.71. The average molecular weight is 355 g/mol. The Bertz CT molecular complexity index is 690. The molecule has 0 bridgehead atoms. The molecule has 1 aliphatic carbocycles. The van der Waals surface area contributed by atoms with Crippen molar-refractivity contribution in [3.05, 3.63) is 22.0 Å². The van der Waals surface area contributed by atoms with E-state index in [2.05, 4.69) is 36.9 Å². The minimum Gasteiger partial charge on any atom is -0.488 e. The van der Waals surface area contributed by atoms with Gasteiger partial charge in [-0.05, 0) is 40.8 Å². The number of hydrogen-bond acceptors (Lipinski definition) is 4. The van der Waals surface area contributed by atoms with Crippen LogP contribution in [-0.4, -0.2) is 29.7 Å². The zero-order valence-electron chi connectivity index (χ0n) is 10.8. The van der Waals surface area contributed by atoms with Crippen molar-refractivity contribution >= 4 is 44.1 Å². The molecule has 0 N–H and O–H groups in total. The Labute approximate surface area is 130 Å². The molecular weight excluding hydrogens is 342 g/mol. The minimum absolute atomic E-state index is 0.482. The summed E-state index contributed by atoms with van der Waals surface area (Å²) in [4.78, 5) is 10.8. The number of hydrogen-bond donors (Lipinski definition) is 0. The van der Waals surface area contributed by atoms with Crippen LogP contribution in [0.5, 0.6) is 5.75 Å². The second-order valence-corrected chi connectivity index (χ2v) is 6.49. The molecule has 0 spiro atoms. The van der Waals surface area contributed by atoms with Crippen molar-refractivity contribution < 1.29 is 4.74 Å². The fourth-order valence-corrected chi connectivity index (χ4v) is 3.47. The Kier molecular flexibility index (Phi) is 3.00. The highest BCUT2D eigenvalue weighted by molar-refractivity contribution is 9.10. The van der Waals surface area contributed by atoms with Gasteiger partial charge in [0.25, 0.3) is 0 Å². The number of fused-ring (bicyclic) bond motifs is 2. The molecule has 0 unspecified atom stereocenters. The van der Waals surface area contributed by atoms with Gasteiger partial charge in [0, 0.05) is 11.9 Å². The quantitative estimate of drug-likeness (QED) is 0.772. The van der Waals surface area contributed by atoms with Crippen LogP contribution in [0.3, 0.4) is 0 Å². The molecule has 0 amide bonds. The van der Waals surface area contributed by atoms with E-state index < -0.39 is 0 Å². The van der Waals surface area contributed by atoms with Crippen LogP contribution in [0.1, 0.15) is 12.8 Å². The molecule has 20 heavy (non-hydrogen) atoms. The summed E-state index contributed by atoms with van der Waals surface area (Å²) in [5.41, 5.74) is 1.90. The number of rotatable bonds is 2. The molecule has 4 rings (SSSR count). The molecule has 2 aromatic rings. The van der Waals surface area contributed by atoms with Crippen molar-refractivity contribution in [2.24, 2.45) is 5.92 Å². The molecule has 1 aromatic heterocycles. The number of ether oxygens (including phenoxy) is 1. The van der Waals surface area contributed by atoms with Crippen LogP contribution >= 0.6 is 27.5 Å². The van der Waals surface area contributed by atoms with Crippen molar-refractivity contribution in [1.82, 2.24) is 9.97 Å². The number of benzene rings is 1. The maximum absolute atomic E-state index is 6.21. The van der Waals surface area contributed by atoms with Gasteiger partial charge in [-0.15, -0.1) is 0 Å². The Balaban J connectivity index is 1.90. The smallest absolute Gasteiger partial charge is 0.159 e. The van der Waals surface area contributed by atoms with Crippen molar-refractivity contribution in [3.63, 3.8) is 0 Å². The summed E-state index contributed by atoms with van der Waals surface area (Å²) >= 11 is 9.82. The van der Waals surface area contributed by atoms with Crippen molar-refractivity contribution in [2.45, 2.75) is 12.8 Å². The van der Waals surface area contributed by atoms with Crippen LogP contribution in [0.15, 0.2) is 16.9 Å². The second kappa shape index (κ2) is 4.74. The lowest BCUT2D eigenvalue weighted by atomic mass is 10.1. The van der Waals surface area contributed by atoms with Crippen molar-refractivity contribution in [2.75, 3.05) is 24.6 Å². The standard InChI is InChI=1S/C14H13BrClN3O/c15-11-12-9(14(16)18-7-17-12)5-10-13(11)20-4-3-19(10)6-8-1-2-8/h5,7-8H,1-4,6H2. The van der Waals surface area contributed by atoms with Crippen molar-refractivity contribution in [3.8, 4) is 5.75 Å². The zero-order valence-corrected chi connectivity index (χ0v) is 13.1. The third kappa shape index (κ3) is 2.04. The van der Waals surface area contributed by atoms with Crippen LogP contribution in [-0.2, 0) is 0 Å². The molecule has 2 heterocycles. The van der Waals surface area contributed by atoms with E-state index in [0.717, 1.165) is 45.8 Å². The summed E-state index contributed by atoms with van der Waals surface area (Å²) in [6, 6.07) is 2.05. The lowest BCUT2D eigenvalue weighted by Gasteiger charge is -2.32. The Hall–Kier alpha value is -1.07. The van der Waals surface area contributed by atoms with E-state index in [9.17, 15) is 0 Å². The molecule has 104 valence electrons. The van der Waals surface area contributed by atoms with Crippen LogP contribution < -0.4 is 9.64 Å². The minimum atomic E-state index is 0.482. The summed E-state index contributed by atoms with van der Waals surface area (Å²) < 4.78 is 6.71. The first kappa shape index (κ1) is 12.7. The predicted molar refractivity (Wildman–Crippen MR) is 82.7 cm³/mol. The summed E-state index contributed by atoms with van der Waals surface area (Å²) in [7, 11) is 0. The number of aromatic nitrogens is 2. The van der Waals surface area contributed by atoms with E-state index in [4.69, 9.17) is 16.3 Å². The highest BCUT2D eigenvalue weighted by atomic mass is 79.9. The molecule has 0 saturated heterocycles. The molecule has 1 saturated carbocycles. The number of halogens is 2. The highest BCUT2D eigenvalue weighted by Gasteiger charge is 2.29. The van der Waals surface area contributed by atoms with E-state index >= 15 is 0 Å². The second-order valence-electron chi connectivity index (χ2n) is 5.34. The van der Waals surface area contributed by atoms with Gasteiger partial charge < -0.3 is 9.64 Å². The third-order valence-electron chi connectivity index (χ3n) is 3.88. The monoisotopic (exact) mass is 353 g/mol. The molecule has 0 atom stereocenters. The fraction of sp³-hybridized carbons (Fsp3) is 0.429. The molecule has 0 radical (unpaired) electrons. The van der Waals surface area contributed by atoms with Gasteiger partial charge in [0.2, 0.25) is 0 Å². The van der Waals surface area contributed by atoms with Crippen molar-refractivity contribution in [1.29, 1.82) is 0 Å². The molecule has 4 nitrogen and oxygen atoms in total. The molecule has 6 heteroatoms. The van der Waals surface area contributed by atoms with Gasteiger partial charge in [0.05, 0.1) is 22.2 Å². The zero-order chi connectivity index (χ0) is 13.7. The topological polar surface area (TPSA) is 38.2 Å². The van der Waals surface area contributed by atoms with Gasteiger partial charge in [0.15, 0.2) is 5.75 Å². The SMILES string of the molecule is Clc1ncnc2c(Br)c3c(cc12)N(CC1CC1)CCO3. The first-order chi connectivity index (χ1) is 9.74. The molecule has 1 aromatic carbocycles. The maximum atomic E-state index is 6.21. The Morgan fingerprint density at radius 2 is 2.25 bits per heavy atom. The van der Waals surface area contributed by atoms with Crippen LogP contribution in [0.2, 0.25) is 5.15 Å². The number of anilines is 1. The van der Waals surface area contributed by atoms with E-state index in [1.54, 1.807) is 0 Å². The summed E-state index contributed by atoms with van der Waals surface area (Å²) in [5, 5.41) is 1.35. The number of nitrogens with zero attached hydrogens (tertiary/aromatic N) is 3. The first-order valence-electron chi connectivity index (χ1n) is 6.74. The Morgan fingerprint density at radius 1 is 1.40 bits per heavy atom. The molecule has 2 aliphatic rings. The van der Waals surface area contributed by atoms with E-state index in [1.807, 2.05) is 0 Å². The van der Waals surface area contributed by atoms with E-state index in [1.165, 1.54) is 19.2 Å². The average Bonchev–Trinajstić information content (AvgIpc) is 3.25. The van der Waals surface area contributed by atoms with Gasteiger partial charge in [-0.1, -0.05) is 11.6 Å². The van der Waals surface area contributed by atoms with Gasteiger partial charge in [-0.3, -0.25) is 0 Å². The maximum Gasteiger partial charge on any atom is 0.159 e. The first-order valence-corrected chi connectivity index (χ1v) is 7.91. The van der Waals surface area contributed by atoms with Crippen LogP contribution in [0.25, 0.3) is 10.9 Å². The van der Waals surface area contributed by atoms with E-state index in [-0.39, 0.29) is 0 Å². The van der Waals surface area contributed by atoms with Gasteiger partial charge >= 0.3 is 0 Å². The molecule has 1 aliphatic heterocycles. The van der Waals surface area contributed by atoms with Gasteiger partial charge in [-0.25, -0.2) is 9.97 Å². The van der Waals surface area contributed by atoms with Gasteiger partial charge in [0.1, 0.15) is 18.1 Å². The predicted octanol–water partition coefficient (Wildman–Crippen LogP) is 3.65. The normalized spacial score (nSPS) is 18.0. The van der Waals surface area contributed by atoms with Crippen LogP contribution in [0.4, 0.5) is 5.69 Å². The summed E-state index contributed by atoms with van der Waals surface area (Å²) in [6.45, 7) is 2.73. The van der Waals surface area contributed by atoms with Gasteiger partial charge in [-0.2, -0.15) is 0 Å². The molecular formula is C14H13BrClN3O. The third-order valence-corrected chi connectivity index (χ3v) is 4.92.